The summed E-state index contributed by atoms with van der Waals surface area (Å²) in [6.07, 6.45) is 21.0. The van der Waals surface area contributed by atoms with Crippen LogP contribution >= 0.6 is 46.4 Å². The molecule has 0 radical (unpaired) electrons. The Morgan fingerprint density at radius 2 is 0.828 bits per heavy atom. The predicted molar refractivity (Wildman–Crippen MR) is 276 cm³/mol. The van der Waals surface area contributed by atoms with Gasteiger partial charge >= 0.3 is 5.97 Å². The summed E-state index contributed by atoms with van der Waals surface area (Å²) in [5, 5.41) is 0.182. The van der Waals surface area contributed by atoms with Gasteiger partial charge in [-0.15, -0.1) is 0 Å². The lowest BCUT2D eigenvalue weighted by Crippen LogP contribution is -2.23. The summed E-state index contributed by atoms with van der Waals surface area (Å²) in [6.45, 7) is 4.50. The molecule has 0 saturated carbocycles. The van der Waals surface area contributed by atoms with Crippen LogP contribution in [0.3, 0.4) is 0 Å². The predicted octanol–water partition coefficient (Wildman–Crippen LogP) is 16.9. The summed E-state index contributed by atoms with van der Waals surface area (Å²) < 4.78 is 6.70. The number of hydrogen-bond acceptors (Lipinski definition) is 4. The summed E-state index contributed by atoms with van der Waals surface area (Å²) in [5.74, 6) is -0.638. The average molecular weight is 939 g/mol. The van der Waals surface area contributed by atoms with E-state index >= 15 is 0 Å². The zero-order valence-electron chi connectivity index (χ0n) is 38.5. The fourth-order valence-electron chi connectivity index (χ4n) is 8.59. The Kier molecular flexibility index (Phi) is 17.9. The van der Waals surface area contributed by atoms with Crippen LogP contribution in [0, 0.1) is 0 Å². The molecule has 5 aromatic carbocycles. The van der Waals surface area contributed by atoms with Crippen LogP contribution in [0.4, 0.5) is 11.4 Å². The molecule has 1 heterocycles. The third kappa shape index (κ3) is 12.0. The number of fused-ring (bicyclic) bond motifs is 1. The zero-order chi connectivity index (χ0) is 45.8. The summed E-state index contributed by atoms with van der Waals surface area (Å²) in [7, 11) is 8.10. The molecular weight excluding hydrogens is 874 g/mol. The van der Waals surface area contributed by atoms with E-state index in [9.17, 15) is 4.79 Å². The molecule has 0 fully saturated rings. The number of benzene rings is 5. The number of carbonyl (C=O) groups excluding carboxylic acids is 1. The largest absolute Gasteiger partial charge is 0.442 e. The molecule has 0 spiro atoms. The first-order valence-electron chi connectivity index (χ1n) is 23.2. The second kappa shape index (κ2) is 23.3. The molecule has 1 aliphatic heterocycles. The molecule has 0 unspecified atom stereocenters. The quantitative estimate of drug-likeness (QED) is 0.0300. The minimum absolute atomic E-state index is 0.00612. The van der Waals surface area contributed by atoms with Crippen molar-refractivity contribution in [3.05, 3.63) is 174 Å². The van der Waals surface area contributed by atoms with Gasteiger partial charge in [-0.05, 0) is 107 Å². The first kappa shape index (κ1) is 49.2. The summed E-state index contributed by atoms with van der Waals surface area (Å²) in [4.78, 5) is 18.5. The van der Waals surface area contributed by atoms with E-state index in [1.165, 1.54) is 75.3 Å². The van der Waals surface area contributed by atoms with Crippen molar-refractivity contribution in [3.8, 4) is 0 Å². The molecule has 0 N–H and O–H groups in total. The van der Waals surface area contributed by atoms with E-state index in [0.717, 1.165) is 70.5 Å². The van der Waals surface area contributed by atoms with Crippen molar-refractivity contribution in [1.82, 2.24) is 0 Å². The van der Waals surface area contributed by atoms with Crippen LogP contribution in [-0.2, 0) is 23.2 Å². The molecule has 0 aliphatic carbocycles. The minimum atomic E-state index is -1.58. The highest BCUT2D eigenvalue weighted by atomic mass is 35.5. The SMILES string of the molecule is CCCCCCCCc1ccc(/C(=C/C2(/C=C(/c3ccc(CCCCCCCC)cc3)c3ccc(N(C)C)cc3)OC(=O)c3c(Cl)c(Cl)c(Cl)c(Cl)c32)c2ccc(N(C)C)cc2)cc1. The fraction of sp³-hybridized carbons (Fsp3) is 0.375. The van der Waals surface area contributed by atoms with Crippen molar-refractivity contribution >= 4 is 74.9 Å². The Morgan fingerprint density at radius 3 is 1.20 bits per heavy atom. The molecule has 0 saturated heterocycles. The number of nitrogens with zero attached hydrogens (tertiary/aromatic N) is 2. The van der Waals surface area contributed by atoms with E-state index in [0.29, 0.717) is 5.56 Å². The summed E-state index contributed by atoms with van der Waals surface area (Å²) in [5.41, 5.74) is 9.04. The number of carbonyl (C=O) groups is 1. The van der Waals surface area contributed by atoms with Crippen LogP contribution in [0.25, 0.3) is 11.1 Å². The normalized spacial score (nSPS) is 13.6. The number of rotatable bonds is 22. The van der Waals surface area contributed by atoms with E-state index < -0.39 is 11.6 Å². The van der Waals surface area contributed by atoms with Crippen molar-refractivity contribution < 1.29 is 9.53 Å². The molecule has 5 aromatic rings. The van der Waals surface area contributed by atoms with E-state index in [1.54, 1.807) is 0 Å². The highest BCUT2D eigenvalue weighted by Crippen LogP contribution is 2.53. The molecule has 4 nitrogen and oxygen atoms in total. The number of anilines is 2. The third-order valence-corrected chi connectivity index (χ3v) is 14.2. The van der Waals surface area contributed by atoms with Gasteiger partial charge in [-0.1, -0.05) is 197 Å². The first-order valence-corrected chi connectivity index (χ1v) is 24.7. The van der Waals surface area contributed by atoms with E-state index in [2.05, 4.69) is 121 Å². The van der Waals surface area contributed by atoms with Gasteiger partial charge in [-0.25, -0.2) is 4.79 Å². The van der Waals surface area contributed by atoms with Crippen LogP contribution < -0.4 is 9.80 Å². The van der Waals surface area contributed by atoms with Crippen molar-refractivity contribution in [1.29, 1.82) is 0 Å². The smallest absolute Gasteiger partial charge is 0.341 e. The van der Waals surface area contributed by atoms with Gasteiger partial charge in [0.1, 0.15) is 0 Å². The standard InChI is InChI=1S/C56H64Cl4N2O2/c1-7-9-11-13-15-17-19-39-21-25-41(26-22-39)47(43-29-33-45(34-30-43)61(3)4)37-56(50-49(55(63)64-56)51(57)53(59)54(60)52(50)58)38-48(44-31-35-46(36-32-44)62(5)6)42-27-23-40(24-28-42)20-18-16-14-12-10-8-2/h21-38H,7-20H2,1-6H3/b47-37-,48-38-. The van der Waals surface area contributed by atoms with Crippen molar-refractivity contribution in [2.75, 3.05) is 38.0 Å². The Bertz CT molecular complexity index is 2260. The third-order valence-electron chi connectivity index (χ3n) is 12.4. The van der Waals surface area contributed by atoms with Gasteiger partial charge in [-0.3, -0.25) is 0 Å². The van der Waals surface area contributed by atoms with Gasteiger partial charge in [0.05, 0.1) is 25.7 Å². The molecule has 8 heteroatoms. The molecule has 1 aliphatic rings. The highest BCUT2D eigenvalue weighted by molar-refractivity contribution is 6.53. The molecular formula is C56H64Cl4N2O2. The zero-order valence-corrected chi connectivity index (χ0v) is 41.5. The average Bonchev–Trinajstić information content (AvgIpc) is 3.59. The number of ether oxygens (including phenoxy) is 1. The molecule has 338 valence electrons. The topological polar surface area (TPSA) is 32.8 Å². The fourth-order valence-corrected chi connectivity index (χ4v) is 9.66. The maximum Gasteiger partial charge on any atom is 0.341 e. The lowest BCUT2D eigenvalue weighted by atomic mass is 9.82. The first-order chi connectivity index (χ1) is 30.9. The highest BCUT2D eigenvalue weighted by Gasteiger charge is 2.48. The summed E-state index contributed by atoms with van der Waals surface area (Å²) >= 11 is 27.8. The van der Waals surface area contributed by atoms with Crippen LogP contribution in [0.5, 0.6) is 0 Å². The Labute approximate surface area is 403 Å². The lowest BCUT2D eigenvalue weighted by molar-refractivity contribution is 0.0300. The molecule has 0 aromatic heterocycles. The number of aryl methyl sites for hydroxylation is 2. The molecule has 0 amide bonds. The second-order valence-corrected chi connectivity index (χ2v) is 19.1. The monoisotopic (exact) mass is 936 g/mol. The molecule has 0 atom stereocenters. The Hall–Kier alpha value is -4.19. The van der Waals surface area contributed by atoms with Crippen LogP contribution in [-0.4, -0.2) is 34.2 Å². The number of unbranched alkanes of at least 4 members (excludes halogenated alkanes) is 10. The molecule has 6 rings (SSSR count). The summed E-state index contributed by atoms with van der Waals surface area (Å²) in [6, 6.07) is 34.3. The van der Waals surface area contributed by atoms with Gasteiger partial charge in [0.2, 0.25) is 0 Å². The van der Waals surface area contributed by atoms with Crippen molar-refractivity contribution in [3.63, 3.8) is 0 Å². The van der Waals surface area contributed by atoms with Gasteiger partial charge in [0.15, 0.2) is 5.60 Å². The van der Waals surface area contributed by atoms with E-state index in [1.807, 2.05) is 40.3 Å². The van der Waals surface area contributed by atoms with Gasteiger partial charge in [0.25, 0.3) is 0 Å². The molecule has 64 heavy (non-hydrogen) atoms. The maximum absolute atomic E-state index is 14.4. The Balaban J connectivity index is 1.56. The minimum Gasteiger partial charge on any atom is -0.442 e. The number of esters is 1. The van der Waals surface area contributed by atoms with Crippen molar-refractivity contribution in [2.24, 2.45) is 0 Å². The van der Waals surface area contributed by atoms with Crippen LogP contribution in [0.1, 0.15) is 140 Å². The maximum atomic E-state index is 14.4. The van der Waals surface area contributed by atoms with Gasteiger partial charge in [0, 0.05) is 45.1 Å². The number of hydrogen-bond donors (Lipinski definition) is 0. The van der Waals surface area contributed by atoms with E-state index in [-0.39, 0.29) is 25.7 Å². The van der Waals surface area contributed by atoms with Gasteiger partial charge in [-0.2, -0.15) is 0 Å². The van der Waals surface area contributed by atoms with Crippen LogP contribution in [0.2, 0.25) is 20.1 Å². The molecule has 0 bridgehead atoms. The number of halogens is 4. The van der Waals surface area contributed by atoms with Crippen molar-refractivity contribution in [2.45, 2.75) is 109 Å². The Morgan fingerprint density at radius 1 is 0.484 bits per heavy atom. The second-order valence-electron chi connectivity index (χ2n) is 17.6. The van der Waals surface area contributed by atoms with Gasteiger partial charge < -0.3 is 14.5 Å². The lowest BCUT2D eigenvalue weighted by Gasteiger charge is -2.27. The van der Waals surface area contributed by atoms with E-state index in [4.69, 9.17) is 51.1 Å². The van der Waals surface area contributed by atoms with Crippen LogP contribution in [0.15, 0.2) is 109 Å². The number of cyclic esters (lactones) is 1.